The third kappa shape index (κ3) is 5.41. The summed E-state index contributed by atoms with van der Waals surface area (Å²) in [6.07, 6.45) is 1.77. The average Bonchev–Trinajstić information content (AvgIpc) is 2.72. The minimum Gasteiger partial charge on any atom is -0.493 e. The number of halogens is 4. The highest BCUT2D eigenvalue weighted by atomic mass is 127. The lowest BCUT2D eigenvalue weighted by Crippen LogP contribution is -2.01. The van der Waals surface area contributed by atoms with Gasteiger partial charge in [-0.05, 0) is 64.6 Å². The number of ether oxygens (including phenoxy) is 2. The molecule has 0 aliphatic rings. The third-order valence-electron chi connectivity index (χ3n) is 4.23. The molecule has 0 saturated carbocycles. The molecule has 30 heavy (non-hydrogen) atoms. The summed E-state index contributed by atoms with van der Waals surface area (Å²) >= 11 is 20.6. The van der Waals surface area contributed by atoms with Crippen LogP contribution < -0.4 is 9.47 Å². The van der Waals surface area contributed by atoms with Crippen molar-refractivity contribution in [1.82, 2.24) is 0 Å². The van der Waals surface area contributed by atoms with Crippen LogP contribution in [-0.4, -0.2) is 7.11 Å². The first-order valence-corrected chi connectivity index (χ1v) is 10.9. The molecule has 0 spiro atoms. The maximum Gasteiger partial charge on any atom is 0.174 e. The summed E-state index contributed by atoms with van der Waals surface area (Å²) in [6.45, 7) is 0.265. The number of methoxy groups -OCH3 is 1. The van der Waals surface area contributed by atoms with Crippen molar-refractivity contribution >= 4 is 69.0 Å². The van der Waals surface area contributed by atoms with Gasteiger partial charge >= 0.3 is 0 Å². The van der Waals surface area contributed by atoms with Crippen LogP contribution >= 0.6 is 57.4 Å². The summed E-state index contributed by atoms with van der Waals surface area (Å²) in [6, 6.07) is 18.4. The Labute approximate surface area is 203 Å². The third-order valence-corrected chi connectivity index (χ3v) is 5.95. The maximum absolute atomic E-state index is 9.61. The van der Waals surface area contributed by atoms with Gasteiger partial charge in [0.05, 0.1) is 22.3 Å². The van der Waals surface area contributed by atoms with Crippen LogP contribution in [0.1, 0.15) is 16.7 Å². The standard InChI is InChI=1S/C23H15Cl3INO2/c1-29-22-10-14(8-16(12-28)18-4-2-3-5-19(18)25)9-21(27)23(22)30-13-15-6-7-17(24)11-20(15)26/h2-11H,13H2,1H3. The van der Waals surface area contributed by atoms with Gasteiger partial charge in [0.15, 0.2) is 11.5 Å². The first-order valence-electron chi connectivity index (χ1n) is 8.74. The molecule has 0 radical (unpaired) electrons. The van der Waals surface area contributed by atoms with E-state index < -0.39 is 0 Å². The van der Waals surface area contributed by atoms with Gasteiger partial charge in [0, 0.05) is 26.2 Å². The van der Waals surface area contributed by atoms with Gasteiger partial charge in [0.1, 0.15) is 6.61 Å². The lowest BCUT2D eigenvalue weighted by Gasteiger charge is -2.14. The number of nitrogens with zero attached hydrogens (tertiary/aromatic N) is 1. The summed E-state index contributed by atoms with van der Waals surface area (Å²) in [5.41, 5.74) is 2.74. The highest BCUT2D eigenvalue weighted by molar-refractivity contribution is 14.1. The van der Waals surface area contributed by atoms with Gasteiger partial charge in [-0.1, -0.05) is 59.1 Å². The van der Waals surface area contributed by atoms with E-state index >= 15 is 0 Å². The van der Waals surface area contributed by atoms with E-state index in [-0.39, 0.29) is 6.61 Å². The average molecular weight is 571 g/mol. The highest BCUT2D eigenvalue weighted by Crippen LogP contribution is 2.36. The first kappa shape index (κ1) is 22.8. The van der Waals surface area contributed by atoms with Crippen LogP contribution in [0.5, 0.6) is 11.5 Å². The number of hydrogen-bond donors (Lipinski definition) is 0. The zero-order chi connectivity index (χ0) is 21.7. The van der Waals surface area contributed by atoms with Gasteiger partial charge in [0.25, 0.3) is 0 Å². The first-order chi connectivity index (χ1) is 14.4. The van der Waals surface area contributed by atoms with E-state index in [1.807, 2.05) is 36.4 Å². The Balaban J connectivity index is 1.92. The minimum atomic E-state index is 0.265. The Morgan fingerprint density at radius 3 is 2.50 bits per heavy atom. The number of nitriles is 1. The summed E-state index contributed by atoms with van der Waals surface area (Å²) in [7, 11) is 1.57. The molecule has 3 rings (SSSR count). The predicted molar refractivity (Wildman–Crippen MR) is 131 cm³/mol. The van der Waals surface area contributed by atoms with Gasteiger partial charge < -0.3 is 9.47 Å². The summed E-state index contributed by atoms with van der Waals surface area (Å²) in [5.74, 6) is 1.15. The molecule has 3 nitrogen and oxygen atoms in total. The Bertz CT molecular complexity index is 1160. The number of hydrogen-bond acceptors (Lipinski definition) is 3. The smallest absolute Gasteiger partial charge is 0.174 e. The highest BCUT2D eigenvalue weighted by Gasteiger charge is 2.14. The minimum absolute atomic E-state index is 0.265. The van der Waals surface area contributed by atoms with Crippen molar-refractivity contribution in [3.05, 3.63) is 89.9 Å². The molecule has 0 amide bonds. The van der Waals surface area contributed by atoms with Crippen molar-refractivity contribution in [2.75, 3.05) is 7.11 Å². The van der Waals surface area contributed by atoms with Crippen molar-refractivity contribution in [3.8, 4) is 17.6 Å². The van der Waals surface area contributed by atoms with E-state index in [1.165, 1.54) is 0 Å². The van der Waals surface area contributed by atoms with Crippen LogP contribution in [0.2, 0.25) is 15.1 Å². The van der Waals surface area contributed by atoms with Crippen LogP contribution in [0.25, 0.3) is 11.6 Å². The van der Waals surface area contributed by atoms with Crippen LogP contribution in [-0.2, 0) is 6.61 Å². The molecule has 0 aliphatic heterocycles. The molecule has 0 bridgehead atoms. The van der Waals surface area contributed by atoms with Crippen LogP contribution in [0.15, 0.2) is 54.6 Å². The largest absolute Gasteiger partial charge is 0.493 e. The molecule has 0 saturated heterocycles. The van der Waals surface area contributed by atoms with Gasteiger partial charge in [-0.15, -0.1) is 0 Å². The fraction of sp³-hybridized carbons (Fsp3) is 0.0870. The van der Waals surface area contributed by atoms with E-state index in [4.69, 9.17) is 44.3 Å². The van der Waals surface area contributed by atoms with Crippen LogP contribution in [0.4, 0.5) is 0 Å². The Hall–Kier alpha value is -1.91. The maximum atomic E-state index is 9.61. The van der Waals surface area contributed by atoms with Crippen molar-refractivity contribution in [1.29, 1.82) is 5.26 Å². The lowest BCUT2D eigenvalue weighted by molar-refractivity contribution is 0.282. The van der Waals surface area contributed by atoms with E-state index in [2.05, 4.69) is 28.7 Å². The summed E-state index contributed by atoms with van der Waals surface area (Å²) in [4.78, 5) is 0. The zero-order valence-corrected chi connectivity index (χ0v) is 20.2. The molecule has 0 N–H and O–H groups in total. The van der Waals surface area contributed by atoms with Crippen molar-refractivity contribution < 1.29 is 9.47 Å². The normalized spacial score (nSPS) is 11.1. The molecule has 0 heterocycles. The Kier molecular flexibility index (Phi) is 7.90. The molecule has 7 heteroatoms. The second kappa shape index (κ2) is 10.4. The molecule has 0 aromatic heterocycles. The fourth-order valence-corrected chi connectivity index (χ4v) is 4.25. The monoisotopic (exact) mass is 569 g/mol. The Morgan fingerprint density at radius 2 is 1.83 bits per heavy atom. The van der Waals surface area contributed by atoms with Crippen molar-refractivity contribution in [2.45, 2.75) is 6.61 Å². The lowest BCUT2D eigenvalue weighted by atomic mass is 10.0. The van der Waals surface area contributed by atoms with Crippen LogP contribution in [0, 0.1) is 14.9 Å². The van der Waals surface area contributed by atoms with Gasteiger partial charge in [-0.2, -0.15) is 5.26 Å². The molecular formula is C23H15Cl3INO2. The molecule has 0 fully saturated rings. The molecule has 152 valence electrons. The SMILES string of the molecule is COc1cc(C=C(C#N)c2ccccc2Cl)cc(I)c1OCc1ccc(Cl)cc1Cl. The number of benzene rings is 3. The Morgan fingerprint density at radius 1 is 1.07 bits per heavy atom. The molecule has 0 atom stereocenters. The summed E-state index contributed by atoms with van der Waals surface area (Å²) < 4.78 is 12.3. The van der Waals surface area contributed by atoms with Crippen molar-refractivity contribution in [3.63, 3.8) is 0 Å². The molecule has 3 aromatic carbocycles. The second-order valence-electron chi connectivity index (χ2n) is 6.21. The molecule has 3 aromatic rings. The van der Waals surface area contributed by atoms with Crippen LogP contribution in [0.3, 0.4) is 0 Å². The van der Waals surface area contributed by atoms with E-state index in [1.54, 1.807) is 31.4 Å². The topological polar surface area (TPSA) is 42.2 Å². The predicted octanol–water partition coefficient (Wildman–Crippen LogP) is 7.90. The second-order valence-corrected chi connectivity index (χ2v) is 8.62. The van der Waals surface area contributed by atoms with Crippen molar-refractivity contribution in [2.24, 2.45) is 0 Å². The fourth-order valence-electron chi connectivity index (χ4n) is 2.77. The molecule has 0 unspecified atom stereocenters. The zero-order valence-electron chi connectivity index (χ0n) is 15.8. The van der Waals surface area contributed by atoms with E-state index in [0.29, 0.717) is 37.7 Å². The van der Waals surface area contributed by atoms with Gasteiger partial charge in [-0.3, -0.25) is 0 Å². The van der Waals surface area contributed by atoms with E-state index in [9.17, 15) is 5.26 Å². The molecular weight excluding hydrogens is 556 g/mol. The number of allylic oxidation sites excluding steroid dienone is 1. The number of rotatable bonds is 6. The van der Waals surface area contributed by atoms with Gasteiger partial charge in [0.2, 0.25) is 0 Å². The summed E-state index contributed by atoms with van der Waals surface area (Å²) in [5, 5.41) is 11.2. The molecule has 0 aliphatic carbocycles. The quantitative estimate of drug-likeness (QED) is 0.172. The van der Waals surface area contributed by atoms with Gasteiger partial charge in [-0.25, -0.2) is 0 Å². The van der Waals surface area contributed by atoms with E-state index in [0.717, 1.165) is 14.7 Å².